The van der Waals surface area contributed by atoms with Crippen LogP contribution in [-0.2, 0) is 27.3 Å². The lowest BCUT2D eigenvalue weighted by atomic mass is 10.0. The van der Waals surface area contributed by atoms with Gasteiger partial charge in [-0.1, -0.05) is 23.7 Å². The van der Waals surface area contributed by atoms with Crippen LogP contribution in [-0.4, -0.2) is 30.5 Å². The maximum Gasteiger partial charge on any atom is 0.327 e. The van der Waals surface area contributed by atoms with Gasteiger partial charge in [-0.3, -0.25) is 9.69 Å². The van der Waals surface area contributed by atoms with Crippen LogP contribution in [0.5, 0.6) is 5.06 Å². The molecular weight excluding hydrogens is 362 g/mol. The zero-order valence-corrected chi connectivity index (χ0v) is 15.5. The van der Waals surface area contributed by atoms with E-state index >= 15 is 0 Å². The van der Waals surface area contributed by atoms with Crippen molar-refractivity contribution in [2.24, 2.45) is 0 Å². The van der Waals surface area contributed by atoms with Crippen molar-refractivity contribution in [3.63, 3.8) is 0 Å². The Morgan fingerprint density at radius 1 is 1.32 bits per heavy atom. The number of methoxy groups -OCH3 is 1. The highest BCUT2D eigenvalue weighted by Gasteiger charge is 2.32. The van der Waals surface area contributed by atoms with Gasteiger partial charge in [-0.05, 0) is 35.7 Å². The van der Waals surface area contributed by atoms with Gasteiger partial charge in [0.25, 0.3) is 0 Å². The van der Waals surface area contributed by atoms with Crippen molar-refractivity contribution >= 4 is 34.9 Å². The van der Waals surface area contributed by atoms with Crippen molar-refractivity contribution in [3.05, 3.63) is 51.4 Å². The predicted molar refractivity (Wildman–Crippen MR) is 96.0 cm³/mol. The minimum Gasteiger partial charge on any atom is -0.468 e. The topological polar surface area (TPSA) is 55.8 Å². The second-order valence-corrected chi connectivity index (χ2v) is 7.34. The number of fused-ring (bicyclic) bond motifs is 1. The molecule has 5 nitrogen and oxygen atoms in total. The summed E-state index contributed by atoms with van der Waals surface area (Å²) in [4.78, 5) is 26.8. The molecule has 1 unspecified atom stereocenters. The molecule has 1 aromatic carbocycles. The summed E-state index contributed by atoms with van der Waals surface area (Å²) in [6, 6.07) is 8.62. The Morgan fingerprint density at radius 2 is 2.12 bits per heavy atom. The lowest BCUT2D eigenvalue weighted by Crippen LogP contribution is -2.38. The predicted octanol–water partition coefficient (Wildman–Crippen LogP) is 3.60. The molecule has 0 spiro atoms. The van der Waals surface area contributed by atoms with Crippen LogP contribution in [0.15, 0.2) is 30.3 Å². The largest absolute Gasteiger partial charge is 0.468 e. The minimum atomic E-state index is -0.520. The van der Waals surface area contributed by atoms with E-state index in [0.29, 0.717) is 23.2 Å². The molecule has 7 heteroatoms. The third kappa shape index (κ3) is 4.03. The Bertz CT molecular complexity index is 804. The molecule has 0 N–H and O–H groups in total. The summed E-state index contributed by atoms with van der Waals surface area (Å²) in [5, 5.41) is 1.17. The monoisotopic (exact) mass is 379 g/mol. The summed E-state index contributed by atoms with van der Waals surface area (Å²) < 4.78 is 10.2. The van der Waals surface area contributed by atoms with Crippen LogP contribution >= 0.6 is 22.9 Å². The SMILES string of the molecule is COC(=O)C(c1cccc(Cl)c1)N1CCc2sc(OC(C)=O)cc2C1. The summed E-state index contributed by atoms with van der Waals surface area (Å²) in [5.41, 5.74) is 1.88. The van der Waals surface area contributed by atoms with E-state index in [2.05, 4.69) is 4.90 Å². The minimum absolute atomic E-state index is 0.318. The molecule has 1 aromatic heterocycles. The molecule has 1 atom stereocenters. The van der Waals surface area contributed by atoms with Crippen LogP contribution in [0.1, 0.15) is 29.0 Å². The molecule has 0 aliphatic carbocycles. The van der Waals surface area contributed by atoms with Gasteiger partial charge in [-0.15, -0.1) is 11.3 Å². The number of ether oxygens (including phenoxy) is 2. The van der Waals surface area contributed by atoms with Gasteiger partial charge in [0.2, 0.25) is 0 Å². The van der Waals surface area contributed by atoms with Crippen LogP contribution in [0.2, 0.25) is 5.02 Å². The average Bonchev–Trinajstić information content (AvgIpc) is 2.95. The number of thiophene rings is 1. The lowest BCUT2D eigenvalue weighted by Gasteiger charge is -2.33. The molecule has 25 heavy (non-hydrogen) atoms. The van der Waals surface area contributed by atoms with Crippen molar-refractivity contribution in [1.29, 1.82) is 0 Å². The van der Waals surface area contributed by atoms with E-state index in [1.807, 2.05) is 18.2 Å². The number of hydrogen-bond acceptors (Lipinski definition) is 6. The number of benzene rings is 1. The van der Waals surface area contributed by atoms with E-state index in [9.17, 15) is 9.59 Å². The standard InChI is InChI=1S/C18H18ClNO4S/c1-11(21)24-16-9-13-10-20(7-6-15(13)25-16)17(18(22)23-2)12-4-3-5-14(19)8-12/h3-5,8-9,17H,6-7,10H2,1-2H3. The molecular formula is C18H18ClNO4S. The first-order valence-corrected chi connectivity index (χ1v) is 9.04. The Labute approximate surface area is 155 Å². The number of esters is 2. The molecule has 0 amide bonds. The molecule has 0 fully saturated rings. The first kappa shape index (κ1) is 17.9. The molecule has 1 aliphatic heterocycles. The summed E-state index contributed by atoms with van der Waals surface area (Å²) in [5.74, 6) is -0.650. The van der Waals surface area contributed by atoms with Crippen LogP contribution in [0.3, 0.4) is 0 Å². The van der Waals surface area contributed by atoms with E-state index in [0.717, 1.165) is 17.5 Å². The molecule has 132 valence electrons. The van der Waals surface area contributed by atoms with Gasteiger partial charge < -0.3 is 9.47 Å². The van der Waals surface area contributed by atoms with Gasteiger partial charge in [0.05, 0.1) is 7.11 Å². The third-order valence-corrected chi connectivity index (χ3v) is 5.42. The second-order valence-electron chi connectivity index (χ2n) is 5.81. The van der Waals surface area contributed by atoms with Crippen LogP contribution in [0.25, 0.3) is 0 Å². The first-order valence-electron chi connectivity index (χ1n) is 7.85. The number of carbonyl (C=O) groups is 2. The van der Waals surface area contributed by atoms with Crippen molar-refractivity contribution in [2.75, 3.05) is 13.7 Å². The van der Waals surface area contributed by atoms with E-state index in [1.165, 1.54) is 30.2 Å². The van der Waals surface area contributed by atoms with E-state index in [-0.39, 0.29) is 11.9 Å². The molecule has 0 bridgehead atoms. The van der Waals surface area contributed by atoms with Crippen molar-refractivity contribution in [1.82, 2.24) is 4.90 Å². The fourth-order valence-corrected chi connectivity index (χ4v) is 4.27. The number of hydrogen-bond donors (Lipinski definition) is 0. The van der Waals surface area contributed by atoms with E-state index in [1.54, 1.807) is 12.1 Å². The van der Waals surface area contributed by atoms with Crippen molar-refractivity contribution in [2.45, 2.75) is 25.9 Å². The highest BCUT2D eigenvalue weighted by atomic mass is 35.5. The molecule has 2 heterocycles. The highest BCUT2D eigenvalue weighted by molar-refractivity contribution is 7.14. The number of nitrogens with zero attached hydrogens (tertiary/aromatic N) is 1. The number of carbonyl (C=O) groups excluding carboxylic acids is 2. The zero-order chi connectivity index (χ0) is 18.0. The zero-order valence-electron chi connectivity index (χ0n) is 14.0. The van der Waals surface area contributed by atoms with E-state index in [4.69, 9.17) is 21.1 Å². The lowest BCUT2D eigenvalue weighted by molar-refractivity contribution is -0.147. The van der Waals surface area contributed by atoms with E-state index < -0.39 is 6.04 Å². The van der Waals surface area contributed by atoms with Crippen LogP contribution in [0.4, 0.5) is 0 Å². The molecule has 3 rings (SSSR count). The maximum absolute atomic E-state index is 12.4. The van der Waals surface area contributed by atoms with Gasteiger partial charge in [0.1, 0.15) is 6.04 Å². The number of halogens is 1. The Morgan fingerprint density at radius 3 is 2.80 bits per heavy atom. The Balaban J connectivity index is 1.87. The van der Waals surface area contributed by atoms with Gasteiger partial charge in [0, 0.05) is 29.9 Å². The quantitative estimate of drug-likeness (QED) is 0.760. The van der Waals surface area contributed by atoms with Crippen molar-refractivity contribution in [3.8, 4) is 5.06 Å². The molecule has 2 aromatic rings. The van der Waals surface area contributed by atoms with Gasteiger partial charge in [-0.25, -0.2) is 4.79 Å². The fourth-order valence-electron chi connectivity index (χ4n) is 3.02. The highest BCUT2D eigenvalue weighted by Crippen LogP contribution is 2.36. The fraction of sp³-hybridized carbons (Fsp3) is 0.333. The van der Waals surface area contributed by atoms with Crippen LogP contribution in [0, 0.1) is 0 Å². The number of rotatable bonds is 4. The first-order chi connectivity index (χ1) is 12.0. The van der Waals surface area contributed by atoms with Gasteiger partial charge in [0.15, 0.2) is 5.06 Å². The summed E-state index contributed by atoms with van der Waals surface area (Å²) in [6.45, 7) is 2.68. The third-order valence-electron chi connectivity index (χ3n) is 4.07. The molecule has 0 saturated heterocycles. The molecule has 0 saturated carbocycles. The maximum atomic E-state index is 12.4. The summed E-state index contributed by atoms with van der Waals surface area (Å²) >= 11 is 7.57. The van der Waals surface area contributed by atoms with Crippen molar-refractivity contribution < 1.29 is 19.1 Å². The summed E-state index contributed by atoms with van der Waals surface area (Å²) in [6.07, 6.45) is 0.787. The summed E-state index contributed by atoms with van der Waals surface area (Å²) in [7, 11) is 1.39. The average molecular weight is 380 g/mol. The Hall–Kier alpha value is -1.89. The normalized spacial score (nSPS) is 15.3. The molecule has 1 aliphatic rings. The molecule has 0 radical (unpaired) electrons. The van der Waals surface area contributed by atoms with Gasteiger partial charge in [-0.2, -0.15) is 0 Å². The van der Waals surface area contributed by atoms with Gasteiger partial charge >= 0.3 is 11.9 Å². The smallest absolute Gasteiger partial charge is 0.327 e. The second kappa shape index (κ2) is 7.56. The Kier molecular flexibility index (Phi) is 5.42. The van der Waals surface area contributed by atoms with Crippen LogP contribution < -0.4 is 4.74 Å².